The van der Waals surface area contributed by atoms with Crippen molar-refractivity contribution in [2.75, 3.05) is 30.5 Å². The van der Waals surface area contributed by atoms with Gasteiger partial charge in [0, 0.05) is 30.8 Å². The first-order valence-corrected chi connectivity index (χ1v) is 11.5. The molecular weight excluding hydrogens is 518 g/mol. The van der Waals surface area contributed by atoms with Gasteiger partial charge in [0.05, 0.1) is 17.6 Å². The van der Waals surface area contributed by atoms with Crippen LogP contribution in [0.3, 0.4) is 0 Å². The average Bonchev–Trinajstić information content (AvgIpc) is 3.30. The maximum absolute atomic E-state index is 15.3. The van der Waals surface area contributed by atoms with Gasteiger partial charge in [0.1, 0.15) is 23.7 Å². The van der Waals surface area contributed by atoms with Crippen LogP contribution in [-0.4, -0.2) is 46.6 Å². The minimum absolute atomic E-state index is 0.0291. The summed E-state index contributed by atoms with van der Waals surface area (Å²) >= 11 is 0. The number of nitrogens with one attached hydrogen (secondary N) is 1. The zero-order valence-corrected chi connectivity index (χ0v) is 19.5. The van der Waals surface area contributed by atoms with E-state index in [9.17, 15) is 26.7 Å². The number of likely N-dealkylation sites (tertiary alicyclic amines) is 1. The number of rotatable bonds is 5. The van der Waals surface area contributed by atoms with Crippen molar-refractivity contribution in [1.29, 1.82) is 0 Å². The smallest absolute Gasteiger partial charge is 0.254 e. The van der Waals surface area contributed by atoms with E-state index in [2.05, 4.69) is 15.4 Å². The second kappa shape index (κ2) is 10.0. The van der Waals surface area contributed by atoms with E-state index in [1.165, 1.54) is 17.3 Å². The molecule has 0 aliphatic carbocycles. The number of aromatic nitrogens is 2. The highest BCUT2D eigenvalue weighted by Crippen LogP contribution is 2.41. The van der Waals surface area contributed by atoms with Crippen molar-refractivity contribution in [3.8, 4) is 11.5 Å². The van der Waals surface area contributed by atoms with Crippen LogP contribution in [0.5, 0.6) is 11.5 Å². The molecule has 2 atom stereocenters. The number of anilines is 2. The number of nitrogen functional groups attached to an aromatic ring is 1. The lowest BCUT2D eigenvalue weighted by Gasteiger charge is -2.38. The maximum atomic E-state index is 15.3. The number of carbonyl (C=O) groups excluding carboxylic acids is 1. The third kappa shape index (κ3) is 4.44. The van der Waals surface area contributed by atoms with Crippen molar-refractivity contribution in [1.82, 2.24) is 20.3 Å². The number of halogens is 6. The van der Waals surface area contributed by atoms with Crippen molar-refractivity contribution >= 4 is 17.5 Å². The number of hydrogen-bond donors (Lipinski definition) is 2. The van der Waals surface area contributed by atoms with Crippen LogP contribution < -0.4 is 20.9 Å². The SMILES string of the molecule is Nc1ncnc2c1C(c1ccc(Oc3c(F)c(F)cc(F)c3F)cc1F)NN2C1CCCN(C(=O)CF)C1. The highest BCUT2D eigenvalue weighted by molar-refractivity contribution is 5.77. The standard InChI is InChI=1S/C24H20F6N6O2/c25-8-17(37)35-5-1-2-11(9-35)36-24-18(23(31)32-10-33-24)21(34-36)13-4-3-12(6-14(13)26)38-22-19(29)15(27)7-16(28)20(22)30/h3-4,6-7,10-11,21,34H,1-2,5,8-9H2,(H2,31,32,33). The Labute approximate surface area is 212 Å². The molecule has 1 saturated heterocycles. The fraction of sp³-hybridized carbons (Fsp3) is 0.292. The van der Waals surface area contributed by atoms with E-state index in [1.54, 1.807) is 5.01 Å². The number of benzene rings is 2. The van der Waals surface area contributed by atoms with Crippen molar-refractivity contribution in [2.24, 2.45) is 0 Å². The second-order valence-corrected chi connectivity index (χ2v) is 8.78. The normalized spacial score (nSPS) is 19.0. The number of carbonyl (C=O) groups is 1. The van der Waals surface area contributed by atoms with Crippen LogP contribution >= 0.6 is 0 Å². The summed E-state index contributed by atoms with van der Waals surface area (Å²) in [6.07, 6.45) is 2.45. The van der Waals surface area contributed by atoms with Crippen LogP contribution in [0.25, 0.3) is 0 Å². The Kier molecular flexibility index (Phi) is 6.73. The molecule has 3 aromatic rings. The van der Waals surface area contributed by atoms with Crippen molar-refractivity contribution < 1.29 is 35.9 Å². The van der Waals surface area contributed by atoms with Crippen LogP contribution in [0.2, 0.25) is 0 Å². The Balaban J connectivity index is 1.45. The Hall–Kier alpha value is -4.07. The van der Waals surface area contributed by atoms with E-state index < -0.39 is 59.2 Å². The predicted octanol–water partition coefficient (Wildman–Crippen LogP) is 3.92. The molecule has 14 heteroatoms. The van der Waals surface area contributed by atoms with Gasteiger partial charge in [-0.25, -0.2) is 33.0 Å². The molecule has 38 heavy (non-hydrogen) atoms. The molecular formula is C24H20F6N6O2. The molecule has 0 radical (unpaired) electrons. The first-order valence-electron chi connectivity index (χ1n) is 11.5. The Morgan fingerprint density at radius 2 is 1.82 bits per heavy atom. The van der Waals surface area contributed by atoms with Gasteiger partial charge in [-0.05, 0) is 18.9 Å². The largest absolute Gasteiger partial charge is 0.451 e. The van der Waals surface area contributed by atoms with E-state index in [0.29, 0.717) is 30.8 Å². The summed E-state index contributed by atoms with van der Waals surface area (Å²) in [5.41, 5.74) is 9.60. The number of alkyl halides is 1. The van der Waals surface area contributed by atoms with E-state index in [0.717, 1.165) is 12.1 Å². The molecule has 0 spiro atoms. The fourth-order valence-corrected chi connectivity index (χ4v) is 4.68. The summed E-state index contributed by atoms with van der Waals surface area (Å²) in [4.78, 5) is 21.6. The summed E-state index contributed by atoms with van der Waals surface area (Å²) in [6, 6.07) is 1.98. The fourth-order valence-electron chi connectivity index (χ4n) is 4.68. The van der Waals surface area contributed by atoms with Gasteiger partial charge < -0.3 is 15.4 Å². The topological polar surface area (TPSA) is 96.6 Å². The predicted molar refractivity (Wildman–Crippen MR) is 122 cm³/mol. The lowest BCUT2D eigenvalue weighted by molar-refractivity contribution is -0.133. The molecule has 0 saturated carbocycles. The molecule has 0 bridgehead atoms. The Morgan fingerprint density at radius 3 is 2.50 bits per heavy atom. The molecule has 2 aromatic carbocycles. The van der Waals surface area contributed by atoms with E-state index in [4.69, 9.17) is 10.5 Å². The lowest BCUT2D eigenvalue weighted by atomic mass is 10.0. The zero-order valence-electron chi connectivity index (χ0n) is 19.5. The number of nitrogens with two attached hydrogens (primary N) is 1. The van der Waals surface area contributed by atoms with Gasteiger partial charge in [-0.15, -0.1) is 0 Å². The van der Waals surface area contributed by atoms with Crippen LogP contribution in [0.1, 0.15) is 30.0 Å². The zero-order chi connectivity index (χ0) is 27.1. The van der Waals surface area contributed by atoms with Gasteiger partial charge in [-0.1, -0.05) is 6.07 Å². The highest BCUT2D eigenvalue weighted by Gasteiger charge is 2.40. The minimum Gasteiger partial charge on any atom is -0.451 e. The molecule has 8 nitrogen and oxygen atoms in total. The van der Waals surface area contributed by atoms with Crippen LogP contribution in [0.4, 0.5) is 38.0 Å². The minimum atomic E-state index is -1.77. The number of amides is 1. The van der Waals surface area contributed by atoms with Crippen molar-refractivity contribution in [3.05, 3.63) is 70.8 Å². The summed E-state index contributed by atoms with van der Waals surface area (Å²) < 4.78 is 88.2. The molecule has 200 valence electrons. The molecule has 5 rings (SSSR count). The molecule has 2 aliphatic rings. The molecule has 2 aliphatic heterocycles. The summed E-state index contributed by atoms with van der Waals surface area (Å²) in [7, 11) is 0. The monoisotopic (exact) mass is 538 g/mol. The van der Waals surface area contributed by atoms with Crippen molar-refractivity contribution in [3.63, 3.8) is 0 Å². The van der Waals surface area contributed by atoms with Gasteiger partial charge in [0.15, 0.2) is 24.1 Å². The first-order chi connectivity index (χ1) is 18.2. The Morgan fingerprint density at radius 1 is 1.08 bits per heavy atom. The maximum Gasteiger partial charge on any atom is 0.254 e. The molecule has 3 N–H and O–H groups in total. The Bertz CT molecular complexity index is 1380. The molecule has 1 amide bonds. The third-order valence-corrected chi connectivity index (χ3v) is 6.48. The van der Waals surface area contributed by atoms with Crippen LogP contribution in [-0.2, 0) is 4.79 Å². The quantitative estimate of drug-likeness (QED) is 0.376. The van der Waals surface area contributed by atoms with Gasteiger partial charge in [-0.3, -0.25) is 9.80 Å². The number of hydrazine groups is 1. The first kappa shape index (κ1) is 25.6. The molecule has 2 unspecified atom stereocenters. The number of piperidine rings is 1. The van der Waals surface area contributed by atoms with E-state index in [1.807, 2.05) is 0 Å². The lowest BCUT2D eigenvalue weighted by Crippen LogP contribution is -2.53. The summed E-state index contributed by atoms with van der Waals surface area (Å²) in [5, 5.41) is 1.64. The number of fused-ring (bicyclic) bond motifs is 1. The van der Waals surface area contributed by atoms with Gasteiger partial charge >= 0.3 is 0 Å². The van der Waals surface area contributed by atoms with Gasteiger partial charge in [-0.2, -0.15) is 8.78 Å². The van der Waals surface area contributed by atoms with E-state index in [-0.39, 0.29) is 30.0 Å². The number of nitrogens with zero attached hydrogens (tertiary/aromatic N) is 4. The number of ether oxygens (including phenoxy) is 1. The second-order valence-electron chi connectivity index (χ2n) is 8.78. The van der Waals surface area contributed by atoms with Crippen molar-refractivity contribution in [2.45, 2.75) is 24.9 Å². The van der Waals surface area contributed by atoms with Gasteiger partial charge in [0.2, 0.25) is 17.4 Å². The number of hydrogen-bond acceptors (Lipinski definition) is 7. The summed E-state index contributed by atoms with van der Waals surface area (Å²) in [5.74, 6) is -9.79. The van der Waals surface area contributed by atoms with E-state index >= 15 is 4.39 Å². The average molecular weight is 538 g/mol. The van der Waals surface area contributed by atoms with Gasteiger partial charge in [0.25, 0.3) is 5.91 Å². The molecule has 1 fully saturated rings. The highest BCUT2D eigenvalue weighted by atomic mass is 19.2. The molecule has 1 aromatic heterocycles. The molecule has 3 heterocycles. The third-order valence-electron chi connectivity index (χ3n) is 6.48. The van der Waals surface area contributed by atoms with Crippen LogP contribution in [0, 0.1) is 29.1 Å². The van der Waals surface area contributed by atoms with Crippen LogP contribution in [0.15, 0.2) is 30.6 Å². The summed E-state index contributed by atoms with van der Waals surface area (Å²) in [6.45, 7) is -0.519.